The number of alkyl halides is 3. The topological polar surface area (TPSA) is 125 Å². The lowest BCUT2D eigenvalue weighted by Gasteiger charge is -2.39. The van der Waals surface area contributed by atoms with E-state index in [4.69, 9.17) is 19.9 Å². The van der Waals surface area contributed by atoms with Gasteiger partial charge in [0.1, 0.15) is 29.2 Å². The van der Waals surface area contributed by atoms with E-state index in [2.05, 4.69) is 30.5 Å². The zero-order valence-electron chi connectivity index (χ0n) is 21.0. The molecule has 2 aromatic heterocycles. The van der Waals surface area contributed by atoms with Gasteiger partial charge in [-0.2, -0.15) is 13.2 Å². The molecule has 0 unspecified atom stereocenters. The molecule has 0 spiro atoms. The average Bonchev–Trinajstić information content (AvgIpc) is 2.84. The van der Waals surface area contributed by atoms with Crippen LogP contribution in [0.1, 0.15) is 24.1 Å². The minimum Gasteiger partial charge on any atom is -0.493 e. The molecule has 0 bridgehead atoms. The number of fused-ring (bicyclic) bond motifs is 1. The van der Waals surface area contributed by atoms with Crippen LogP contribution in [0.15, 0.2) is 24.3 Å². The zero-order valence-corrected chi connectivity index (χ0v) is 22.0. The van der Waals surface area contributed by atoms with Gasteiger partial charge in [0.05, 0.1) is 41.7 Å². The summed E-state index contributed by atoms with van der Waals surface area (Å²) < 4.78 is 56.9. The molecular formula is C24H26F3N6O4Si. The highest BCUT2D eigenvalue weighted by molar-refractivity contribution is 6.15. The lowest BCUT2D eigenvalue weighted by atomic mass is 10.2. The molecule has 0 aliphatic carbocycles. The number of nitrogens with zero attached hydrogens (tertiary/aromatic N) is 4. The Morgan fingerprint density at radius 2 is 2.00 bits per heavy atom. The molecule has 1 fully saturated rings. The number of nitrogens with two attached hydrogens (primary N) is 1. The summed E-state index contributed by atoms with van der Waals surface area (Å²) in [5.74, 6) is 1.50. The summed E-state index contributed by atoms with van der Waals surface area (Å²) >= 11 is 0. The highest BCUT2D eigenvalue weighted by atomic mass is 28.1. The van der Waals surface area contributed by atoms with Gasteiger partial charge < -0.3 is 30.2 Å². The SMILES string of the molecule is COc1cc2nc(C)nc(NCc3cc(N)cc(C(F)(F)F)n3)c2cc1OC[C@@]1([Si])CN(C(C)=O)CCO1. The molecule has 1 aliphatic rings. The molecule has 1 aromatic carbocycles. The molecule has 38 heavy (non-hydrogen) atoms. The number of nitrogen functional groups attached to an aromatic ring is 1. The monoisotopic (exact) mass is 547 g/mol. The van der Waals surface area contributed by atoms with Gasteiger partial charge in [-0.3, -0.25) is 4.79 Å². The van der Waals surface area contributed by atoms with E-state index in [0.717, 1.165) is 6.07 Å². The maximum absolute atomic E-state index is 13.2. The Hall–Kier alpha value is -3.65. The number of carbonyl (C=O) groups is 1. The van der Waals surface area contributed by atoms with E-state index < -0.39 is 17.1 Å². The summed E-state index contributed by atoms with van der Waals surface area (Å²) in [6.07, 6.45) is -4.62. The summed E-state index contributed by atoms with van der Waals surface area (Å²) in [5.41, 5.74) is 5.17. The van der Waals surface area contributed by atoms with Crippen molar-refractivity contribution in [1.29, 1.82) is 0 Å². The van der Waals surface area contributed by atoms with Crippen LogP contribution in [0.3, 0.4) is 0 Å². The Kier molecular flexibility index (Phi) is 7.65. The fourth-order valence-electron chi connectivity index (χ4n) is 4.02. The second kappa shape index (κ2) is 10.6. The maximum atomic E-state index is 13.2. The molecule has 3 radical (unpaired) electrons. The van der Waals surface area contributed by atoms with E-state index in [9.17, 15) is 18.0 Å². The summed E-state index contributed by atoms with van der Waals surface area (Å²) in [5, 5.41) is 2.65. The third-order valence-corrected chi connectivity index (χ3v) is 6.26. The van der Waals surface area contributed by atoms with Gasteiger partial charge in [0, 0.05) is 37.2 Å². The largest absolute Gasteiger partial charge is 0.493 e. The van der Waals surface area contributed by atoms with Crippen LogP contribution < -0.4 is 20.5 Å². The van der Waals surface area contributed by atoms with E-state index >= 15 is 0 Å². The number of pyridine rings is 1. The highest BCUT2D eigenvalue weighted by Crippen LogP contribution is 2.35. The summed E-state index contributed by atoms with van der Waals surface area (Å²) in [7, 11) is 5.09. The second-order valence-corrected chi connectivity index (χ2v) is 9.75. The lowest BCUT2D eigenvalue weighted by Crippen LogP contribution is -2.56. The van der Waals surface area contributed by atoms with Gasteiger partial charge in [0.15, 0.2) is 11.5 Å². The smallest absolute Gasteiger partial charge is 0.433 e. The average molecular weight is 548 g/mol. The molecule has 0 saturated carbocycles. The van der Waals surface area contributed by atoms with Gasteiger partial charge in [0.2, 0.25) is 5.91 Å². The third kappa shape index (κ3) is 6.24. The van der Waals surface area contributed by atoms with Crippen LogP contribution in [-0.2, 0) is 22.3 Å². The van der Waals surface area contributed by atoms with Crippen molar-refractivity contribution in [3.05, 3.63) is 41.5 Å². The molecule has 10 nitrogen and oxygen atoms in total. The molecule has 3 aromatic rings. The summed E-state index contributed by atoms with van der Waals surface area (Å²) in [6.45, 7) is 4.29. The molecule has 201 valence electrons. The Morgan fingerprint density at radius 3 is 2.68 bits per heavy atom. The van der Waals surface area contributed by atoms with Crippen LogP contribution in [0.2, 0.25) is 0 Å². The number of benzene rings is 1. The fraction of sp³-hybridized carbons (Fsp3) is 0.417. The van der Waals surface area contributed by atoms with Gasteiger partial charge in [0.25, 0.3) is 0 Å². The molecule has 1 atom stereocenters. The van der Waals surface area contributed by atoms with Crippen molar-refractivity contribution < 1.29 is 32.2 Å². The Balaban J connectivity index is 1.61. The number of halogens is 3. The number of hydrogen-bond donors (Lipinski definition) is 2. The molecule has 1 amide bonds. The standard InChI is InChI=1S/C24H26F3N6O4Si/c1-13-30-18-9-19(35-3)20(36-12-23(38)11-33(14(2)34)4-5-37-23)8-17(18)22(31-13)29-10-16-6-15(28)7-21(32-16)24(25,26)27/h6-9H,4-5,10-12H2,1-3H3,(H2,28,32)(H,29,30,31)/t23-/m0/s1. The number of anilines is 2. The number of carbonyl (C=O) groups excluding carboxylic acids is 1. The Labute approximate surface area is 220 Å². The molecule has 1 aliphatic heterocycles. The van der Waals surface area contributed by atoms with E-state index in [1.165, 1.54) is 20.1 Å². The first-order valence-corrected chi connectivity index (χ1v) is 12.1. The van der Waals surface area contributed by atoms with Gasteiger partial charge in [-0.15, -0.1) is 0 Å². The van der Waals surface area contributed by atoms with Crippen molar-refractivity contribution in [1.82, 2.24) is 19.9 Å². The van der Waals surface area contributed by atoms with Crippen molar-refractivity contribution in [2.45, 2.75) is 31.8 Å². The predicted octanol–water partition coefficient (Wildman–Crippen LogP) is 2.68. The van der Waals surface area contributed by atoms with E-state index in [0.29, 0.717) is 47.2 Å². The van der Waals surface area contributed by atoms with Crippen molar-refractivity contribution in [3.63, 3.8) is 0 Å². The number of aryl methyl sites for hydroxylation is 1. The summed E-state index contributed by atoms with van der Waals surface area (Å²) in [4.78, 5) is 26.0. The third-order valence-electron chi connectivity index (χ3n) is 5.81. The Bertz CT molecular complexity index is 1360. The van der Waals surface area contributed by atoms with Gasteiger partial charge >= 0.3 is 6.18 Å². The number of ether oxygens (including phenoxy) is 3. The predicted molar refractivity (Wildman–Crippen MR) is 134 cm³/mol. The van der Waals surface area contributed by atoms with Gasteiger partial charge in [-0.1, -0.05) is 0 Å². The van der Waals surface area contributed by atoms with Crippen molar-refractivity contribution in [3.8, 4) is 11.5 Å². The molecule has 3 N–H and O–H groups in total. The molecule has 1 saturated heterocycles. The van der Waals surface area contributed by atoms with Crippen molar-refractivity contribution in [2.24, 2.45) is 0 Å². The number of aromatic nitrogens is 3. The fourth-order valence-corrected chi connectivity index (χ4v) is 4.38. The van der Waals surface area contributed by atoms with E-state index in [1.54, 1.807) is 24.0 Å². The minimum atomic E-state index is -4.62. The first kappa shape index (κ1) is 27.4. The normalized spacial score (nSPS) is 17.9. The number of nitrogens with one attached hydrogen (secondary N) is 1. The maximum Gasteiger partial charge on any atom is 0.433 e. The first-order chi connectivity index (χ1) is 17.9. The van der Waals surface area contributed by atoms with E-state index in [-0.39, 0.29) is 37.0 Å². The highest BCUT2D eigenvalue weighted by Gasteiger charge is 2.35. The quantitative estimate of drug-likeness (QED) is 0.430. The van der Waals surface area contributed by atoms with Crippen molar-refractivity contribution in [2.75, 3.05) is 44.5 Å². The van der Waals surface area contributed by atoms with Crippen LogP contribution in [-0.4, -0.2) is 74.6 Å². The first-order valence-electron chi connectivity index (χ1n) is 11.6. The van der Waals surface area contributed by atoms with Gasteiger partial charge in [-0.25, -0.2) is 15.0 Å². The second-order valence-electron chi connectivity index (χ2n) is 8.84. The number of rotatable bonds is 7. The van der Waals surface area contributed by atoms with Crippen LogP contribution in [0, 0.1) is 6.92 Å². The molecule has 14 heteroatoms. The van der Waals surface area contributed by atoms with E-state index in [1.807, 2.05) is 0 Å². The molecule has 4 rings (SSSR count). The number of methoxy groups -OCH3 is 1. The van der Waals surface area contributed by atoms with Crippen molar-refractivity contribution >= 4 is 38.6 Å². The number of morpholine rings is 1. The lowest BCUT2D eigenvalue weighted by molar-refractivity contribution is -0.141. The summed E-state index contributed by atoms with van der Waals surface area (Å²) in [6, 6.07) is 5.49. The number of amides is 1. The van der Waals surface area contributed by atoms with Crippen LogP contribution in [0.4, 0.5) is 24.7 Å². The molecular weight excluding hydrogens is 521 g/mol. The Morgan fingerprint density at radius 1 is 1.24 bits per heavy atom. The van der Waals surface area contributed by atoms with Crippen LogP contribution in [0.25, 0.3) is 10.9 Å². The van der Waals surface area contributed by atoms with Crippen LogP contribution >= 0.6 is 0 Å². The molecule has 3 heterocycles. The van der Waals surface area contributed by atoms with Crippen LogP contribution in [0.5, 0.6) is 11.5 Å². The number of hydrogen-bond acceptors (Lipinski definition) is 9. The zero-order chi connectivity index (χ0) is 27.7. The van der Waals surface area contributed by atoms with Gasteiger partial charge in [-0.05, 0) is 25.1 Å². The minimum absolute atomic E-state index is 0.0509.